The fourth-order valence-electron chi connectivity index (χ4n) is 1.11. The first-order valence-electron chi connectivity index (χ1n) is 4.26. The van der Waals surface area contributed by atoms with E-state index in [1.807, 2.05) is 30.3 Å². The monoisotopic (exact) mass is 192 g/mol. The fraction of sp³-hybridized carbons (Fsp3) is 0.182. The molecule has 0 saturated carbocycles. The number of carboxylic acids is 1. The van der Waals surface area contributed by atoms with E-state index >= 15 is 0 Å². The molecule has 0 amide bonds. The highest BCUT2D eigenvalue weighted by molar-refractivity contribution is 5.78. The van der Waals surface area contributed by atoms with Gasteiger partial charge in [-0.05, 0) is 24.1 Å². The Bertz CT molecular complexity index is 341. The quantitative estimate of drug-likeness (QED) is 0.763. The van der Waals surface area contributed by atoms with Crippen molar-refractivity contribution in [3.05, 3.63) is 42.0 Å². The van der Waals surface area contributed by atoms with E-state index in [-0.39, 0.29) is 0 Å². The SMILES string of the molecule is CC(=C[C@H](O)C(=O)O)c1ccccc1. The number of aliphatic hydroxyl groups is 1. The van der Waals surface area contributed by atoms with E-state index in [0.29, 0.717) is 0 Å². The normalized spacial score (nSPS) is 13.7. The minimum atomic E-state index is -1.43. The summed E-state index contributed by atoms with van der Waals surface area (Å²) in [4.78, 5) is 10.4. The van der Waals surface area contributed by atoms with Crippen LogP contribution in [-0.2, 0) is 4.79 Å². The van der Waals surface area contributed by atoms with Crippen molar-refractivity contribution in [2.24, 2.45) is 0 Å². The van der Waals surface area contributed by atoms with E-state index < -0.39 is 12.1 Å². The van der Waals surface area contributed by atoms with Crippen LogP contribution in [0.4, 0.5) is 0 Å². The molecule has 3 nitrogen and oxygen atoms in total. The van der Waals surface area contributed by atoms with Gasteiger partial charge in [-0.1, -0.05) is 30.3 Å². The Morgan fingerprint density at radius 1 is 1.36 bits per heavy atom. The highest BCUT2D eigenvalue weighted by Crippen LogP contribution is 2.13. The lowest BCUT2D eigenvalue weighted by atomic mass is 10.1. The third-order valence-corrected chi connectivity index (χ3v) is 1.89. The Labute approximate surface area is 82.3 Å². The molecule has 0 unspecified atom stereocenters. The predicted octanol–water partition coefficient (Wildman–Crippen LogP) is 1.54. The number of rotatable bonds is 3. The molecule has 0 radical (unpaired) electrons. The Kier molecular flexibility index (Phi) is 3.42. The molecule has 0 aliphatic carbocycles. The molecule has 1 aromatic carbocycles. The summed E-state index contributed by atoms with van der Waals surface area (Å²) in [6, 6.07) is 9.32. The zero-order chi connectivity index (χ0) is 10.6. The number of benzene rings is 1. The van der Waals surface area contributed by atoms with Crippen LogP contribution < -0.4 is 0 Å². The van der Waals surface area contributed by atoms with Crippen LogP contribution in [0.1, 0.15) is 12.5 Å². The topological polar surface area (TPSA) is 57.5 Å². The average Bonchev–Trinajstić information content (AvgIpc) is 2.19. The van der Waals surface area contributed by atoms with Gasteiger partial charge in [-0.15, -0.1) is 0 Å². The van der Waals surface area contributed by atoms with Crippen LogP contribution in [0.2, 0.25) is 0 Å². The maximum Gasteiger partial charge on any atom is 0.336 e. The van der Waals surface area contributed by atoms with Gasteiger partial charge in [0.1, 0.15) is 0 Å². The van der Waals surface area contributed by atoms with E-state index in [4.69, 9.17) is 10.2 Å². The van der Waals surface area contributed by atoms with Gasteiger partial charge in [0.2, 0.25) is 0 Å². The number of carboxylic acid groups (broad SMARTS) is 1. The number of allylic oxidation sites excluding steroid dienone is 1. The van der Waals surface area contributed by atoms with Crippen LogP contribution in [0.3, 0.4) is 0 Å². The van der Waals surface area contributed by atoms with Gasteiger partial charge in [0.15, 0.2) is 6.10 Å². The van der Waals surface area contributed by atoms with Gasteiger partial charge in [-0.2, -0.15) is 0 Å². The van der Waals surface area contributed by atoms with Crippen molar-refractivity contribution in [2.45, 2.75) is 13.0 Å². The molecular weight excluding hydrogens is 180 g/mol. The zero-order valence-electron chi connectivity index (χ0n) is 7.84. The van der Waals surface area contributed by atoms with E-state index in [0.717, 1.165) is 11.1 Å². The van der Waals surface area contributed by atoms with Crippen LogP contribution in [0.5, 0.6) is 0 Å². The first kappa shape index (κ1) is 10.5. The smallest absolute Gasteiger partial charge is 0.336 e. The van der Waals surface area contributed by atoms with Gasteiger partial charge in [0.25, 0.3) is 0 Å². The van der Waals surface area contributed by atoms with Crippen molar-refractivity contribution in [1.29, 1.82) is 0 Å². The molecule has 0 spiro atoms. The van der Waals surface area contributed by atoms with E-state index in [9.17, 15) is 4.79 Å². The minimum absolute atomic E-state index is 0.750. The van der Waals surface area contributed by atoms with Crippen LogP contribution >= 0.6 is 0 Å². The first-order chi connectivity index (χ1) is 6.61. The lowest BCUT2D eigenvalue weighted by Crippen LogP contribution is -2.16. The third kappa shape index (κ3) is 2.71. The Morgan fingerprint density at radius 3 is 2.43 bits per heavy atom. The minimum Gasteiger partial charge on any atom is -0.479 e. The second-order valence-electron chi connectivity index (χ2n) is 3.00. The van der Waals surface area contributed by atoms with Crippen molar-refractivity contribution in [3.63, 3.8) is 0 Å². The van der Waals surface area contributed by atoms with E-state index in [1.165, 1.54) is 6.08 Å². The van der Waals surface area contributed by atoms with E-state index in [1.54, 1.807) is 6.92 Å². The Balaban J connectivity index is 2.85. The summed E-state index contributed by atoms with van der Waals surface area (Å²) >= 11 is 0. The Morgan fingerprint density at radius 2 is 1.93 bits per heavy atom. The number of aliphatic carboxylic acids is 1. The molecule has 74 valence electrons. The molecule has 0 bridgehead atoms. The summed E-state index contributed by atoms with van der Waals surface area (Å²) < 4.78 is 0. The van der Waals surface area contributed by atoms with Gasteiger partial charge in [-0.25, -0.2) is 4.79 Å². The summed E-state index contributed by atoms with van der Waals surface area (Å²) in [6.45, 7) is 1.77. The molecule has 1 aromatic rings. The van der Waals surface area contributed by atoms with Crippen molar-refractivity contribution in [2.75, 3.05) is 0 Å². The highest BCUT2D eigenvalue weighted by atomic mass is 16.4. The molecule has 1 rings (SSSR count). The highest BCUT2D eigenvalue weighted by Gasteiger charge is 2.09. The maximum atomic E-state index is 10.4. The van der Waals surface area contributed by atoms with E-state index in [2.05, 4.69) is 0 Å². The molecule has 14 heavy (non-hydrogen) atoms. The second kappa shape index (κ2) is 4.58. The van der Waals surface area contributed by atoms with Gasteiger partial charge in [0, 0.05) is 0 Å². The standard InChI is InChI=1S/C11H12O3/c1-8(7-10(12)11(13)14)9-5-3-2-4-6-9/h2-7,10,12H,1H3,(H,13,14)/t10-/m0/s1. The van der Waals surface area contributed by atoms with Crippen LogP contribution in [0.15, 0.2) is 36.4 Å². The van der Waals surface area contributed by atoms with Gasteiger partial charge < -0.3 is 10.2 Å². The lowest BCUT2D eigenvalue weighted by molar-refractivity contribution is -0.144. The zero-order valence-corrected chi connectivity index (χ0v) is 7.84. The summed E-state index contributed by atoms with van der Waals surface area (Å²) in [5.74, 6) is -1.24. The van der Waals surface area contributed by atoms with Crippen molar-refractivity contribution >= 4 is 11.5 Å². The number of hydrogen-bond acceptors (Lipinski definition) is 2. The maximum absolute atomic E-state index is 10.4. The second-order valence-corrected chi connectivity index (χ2v) is 3.00. The molecule has 0 heterocycles. The Hall–Kier alpha value is -1.61. The molecule has 3 heteroatoms. The molecule has 1 atom stereocenters. The van der Waals surface area contributed by atoms with Crippen molar-refractivity contribution < 1.29 is 15.0 Å². The largest absolute Gasteiger partial charge is 0.479 e. The van der Waals surface area contributed by atoms with Crippen LogP contribution in [0, 0.1) is 0 Å². The molecule has 0 aromatic heterocycles. The average molecular weight is 192 g/mol. The summed E-state index contributed by atoms with van der Waals surface area (Å²) in [6.07, 6.45) is -0.118. The summed E-state index contributed by atoms with van der Waals surface area (Å²) in [7, 11) is 0. The summed E-state index contributed by atoms with van der Waals surface area (Å²) in [5.41, 5.74) is 1.66. The number of hydrogen-bond donors (Lipinski definition) is 2. The molecule has 0 aliphatic rings. The van der Waals surface area contributed by atoms with Crippen LogP contribution in [0.25, 0.3) is 5.57 Å². The molecule has 0 fully saturated rings. The third-order valence-electron chi connectivity index (χ3n) is 1.89. The first-order valence-corrected chi connectivity index (χ1v) is 4.26. The summed E-state index contributed by atoms with van der Waals surface area (Å²) in [5, 5.41) is 17.6. The number of carbonyl (C=O) groups is 1. The van der Waals surface area contributed by atoms with Gasteiger partial charge >= 0.3 is 5.97 Å². The van der Waals surface area contributed by atoms with Gasteiger partial charge in [0.05, 0.1) is 0 Å². The lowest BCUT2D eigenvalue weighted by Gasteiger charge is -2.03. The number of aliphatic hydroxyl groups excluding tert-OH is 1. The van der Waals surface area contributed by atoms with Crippen LogP contribution in [-0.4, -0.2) is 22.3 Å². The molecule has 2 N–H and O–H groups in total. The fourth-order valence-corrected chi connectivity index (χ4v) is 1.11. The van der Waals surface area contributed by atoms with Crippen molar-refractivity contribution in [1.82, 2.24) is 0 Å². The van der Waals surface area contributed by atoms with Gasteiger partial charge in [-0.3, -0.25) is 0 Å². The molecule has 0 saturated heterocycles. The van der Waals surface area contributed by atoms with Crippen molar-refractivity contribution in [3.8, 4) is 0 Å². The molecular formula is C11H12O3. The molecule has 0 aliphatic heterocycles. The predicted molar refractivity (Wildman–Crippen MR) is 53.7 cm³/mol.